The maximum absolute atomic E-state index is 12.2. The van der Waals surface area contributed by atoms with Crippen LogP contribution in [0.15, 0.2) is 4.15 Å². The molecule has 1 heterocycles. The van der Waals surface area contributed by atoms with Crippen molar-refractivity contribution in [3.8, 4) is 0 Å². The Morgan fingerprint density at radius 1 is 1.19 bits per heavy atom. The highest BCUT2D eigenvalue weighted by Gasteiger charge is 2.48. The van der Waals surface area contributed by atoms with E-state index in [1.807, 2.05) is 20.8 Å². The van der Waals surface area contributed by atoms with Crippen molar-refractivity contribution in [3.63, 3.8) is 0 Å². The van der Waals surface area contributed by atoms with Crippen LogP contribution in [0.3, 0.4) is 0 Å². The van der Waals surface area contributed by atoms with Crippen molar-refractivity contribution in [1.29, 1.82) is 0 Å². The quantitative estimate of drug-likeness (QED) is 0.351. The summed E-state index contributed by atoms with van der Waals surface area (Å²) in [7, 11) is 1.77. The van der Waals surface area contributed by atoms with E-state index in [9.17, 15) is 8.42 Å². The number of unbranched alkanes of at least 4 members (excludes halogenated alkanes) is 1. The topological polar surface area (TPSA) is 92.7 Å². The lowest BCUT2D eigenvalue weighted by Crippen LogP contribution is -2.37. The second kappa shape index (κ2) is 11.8. The smallest absolute Gasteiger partial charge is 0.377 e. The first-order valence-corrected chi connectivity index (χ1v) is 12.0. The van der Waals surface area contributed by atoms with Crippen LogP contribution in [-0.4, -0.2) is 72.3 Å². The molecule has 0 aromatic heterocycles. The molecule has 5 atom stereocenters. The van der Waals surface area contributed by atoms with Crippen LogP contribution in [0, 0.1) is 0 Å². The van der Waals surface area contributed by atoms with Gasteiger partial charge < -0.3 is 14.2 Å². The van der Waals surface area contributed by atoms with Gasteiger partial charge in [0.05, 0.1) is 22.6 Å². The molecule has 1 fully saturated rings. The molecule has 3 unspecified atom stereocenters. The van der Waals surface area contributed by atoms with E-state index >= 15 is 0 Å². The van der Waals surface area contributed by atoms with E-state index in [2.05, 4.69) is 4.15 Å². The van der Waals surface area contributed by atoms with Gasteiger partial charge in [-0.25, -0.2) is 8.42 Å². The number of hydrogen-bond donors (Lipinski definition) is 0. The summed E-state index contributed by atoms with van der Waals surface area (Å²) >= 11 is 0. The summed E-state index contributed by atoms with van der Waals surface area (Å²) in [6, 6.07) is -0.714. The molecule has 0 bridgehead atoms. The fourth-order valence-electron chi connectivity index (χ4n) is 2.39. The average Bonchev–Trinajstić information content (AvgIpc) is 2.84. The third-order valence-corrected chi connectivity index (χ3v) is 7.03. The molecule has 0 saturated carbocycles. The minimum Gasteiger partial charge on any atom is -0.377 e. The number of methoxy groups -OCH3 is 1. The Morgan fingerprint density at radius 2 is 1.85 bits per heavy atom. The highest BCUT2D eigenvalue weighted by molar-refractivity contribution is 7.92. The number of rotatable bonds is 12. The molecule has 1 rings (SSSR count). The molecule has 8 nitrogen and oxygen atoms in total. The number of nitrogens with zero attached hydrogens (tertiary/aromatic N) is 1. The van der Waals surface area contributed by atoms with Gasteiger partial charge in [-0.15, -0.1) is 9.05 Å². The van der Waals surface area contributed by atoms with Crippen molar-refractivity contribution >= 4 is 26.0 Å². The fraction of sp³-hybridized carbons (Fsp3) is 1.00. The third kappa shape index (κ3) is 8.85. The second-order valence-electron chi connectivity index (χ2n) is 6.90. The minimum atomic E-state index is -3.65. The maximum atomic E-state index is 12.2. The first-order chi connectivity index (χ1) is 12.6. The molecule has 0 aliphatic carbocycles. The molecule has 1 aliphatic heterocycles. The van der Waals surface area contributed by atoms with Gasteiger partial charge in [0.2, 0.25) is 0 Å². The summed E-state index contributed by atoms with van der Waals surface area (Å²) in [6.45, 7) is 9.54. The average molecular weight is 424 g/mol. The first-order valence-electron chi connectivity index (χ1n) is 9.24. The van der Waals surface area contributed by atoms with Gasteiger partial charge in [0.15, 0.2) is 6.10 Å². The van der Waals surface area contributed by atoms with Gasteiger partial charge in [-0.1, -0.05) is 13.3 Å². The van der Waals surface area contributed by atoms with Crippen molar-refractivity contribution in [2.75, 3.05) is 19.5 Å². The number of ether oxygens (including phenoxy) is 3. The van der Waals surface area contributed by atoms with Crippen molar-refractivity contribution in [2.24, 2.45) is 4.15 Å². The number of sulfonamides is 1. The molecule has 11 heteroatoms. The molecule has 0 aromatic carbocycles. The Balaban J connectivity index is 3.03. The Kier molecular flexibility index (Phi) is 10.9. The lowest BCUT2D eigenvalue weighted by atomic mass is 9.93. The van der Waals surface area contributed by atoms with Crippen LogP contribution >= 0.6 is 8.17 Å². The van der Waals surface area contributed by atoms with Crippen LogP contribution in [0.1, 0.15) is 47.5 Å². The Bertz CT molecular complexity index is 573. The van der Waals surface area contributed by atoms with Crippen molar-refractivity contribution in [1.82, 2.24) is 0 Å². The molecule has 0 spiro atoms. The van der Waals surface area contributed by atoms with Gasteiger partial charge in [0.25, 0.3) is 10.0 Å². The molecule has 0 aromatic rings. The van der Waals surface area contributed by atoms with Crippen LogP contribution < -0.4 is 0 Å². The van der Waals surface area contributed by atoms with Crippen molar-refractivity contribution < 1.29 is 31.7 Å². The molecule has 0 N–H and O–H groups in total. The monoisotopic (exact) mass is 424 g/mol. The molecule has 27 heavy (non-hydrogen) atoms. The summed E-state index contributed by atoms with van der Waals surface area (Å²) in [5, 5.41) is 0. The van der Waals surface area contributed by atoms with Gasteiger partial charge in [0.1, 0.15) is 26.2 Å². The zero-order valence-corrected chi connectivity index (χ0v) is 18.7. The summed E-state index contributed by atoms with van der Waals surface area (Å²) in [6.07, 6.45) is -0.729. The molecule has 1 aliphatic rings. The summed E-state index contributed by atoms with van der Waals surface area (Å²) in [4.78, 5) is 0. The lowest BCUT2D eigenvalue weighted by molar-refractivity contribution is -0.0435. The maximum Gasteiger partial charge on any atom is 0.577 e. The van der Waals surface area contributed by atoms with Crippen LogP contribution in [0.4, 0.5) is 0 Å². The fourth-order valence-corrected chi connectivity index (χ4v) is 5.36. The van der Waals surface area contributed by atoms with Gasteiger partial charge >= 0.3 is 8.17 Å². The highest BCUT2D eigenvalue weighted by Crippen LogP contribution is 2.39. The van der Waals surface area contributed by atoms with E-state index < -0.39 is 42.5 Å². The zero-order chi connectivity index (χ0) is 20.6. The van der Waals surface area contributed by atoms with E-state index in [4.69, 9.17) is 31.1 Å². The zero-order valence-electron chi connectivity index (χ0n) is 17.0. The summed E-state index contributed by atoms with van der Waals surface area (Å²) in [5.41, 5.74) is 0. The highest BCUT2D eigenvalue weighted by atomic mass is 32.2. The van der Waals surface area contributed by atoms with Gasteiger partial charge in [-0.3, -0.25) is 0 Å². The molecule has 156 valence electrons. The normalized spacial score (nSPS) is 27.0. The van der Waals surface area contributed by atoms with E-state index in [-0.39, 0.29) is 24.6 Å². The predicted octanol–water partition coefficient (Wildman–Crippen LogP) is 2.76. The standard InChI is InChI=1S/C16H32BNO7PS/c1-7-8-9-27(19,20)18-26(24-12(4)5)25-14-13(10-22-11(2)3)23-16(17)15(14)21-6/h11-16H,7-10H2,1-6H3/q+1/t13-,14?,15?,16-/m1/s1. The Hall–Kier alpha value is -0.0851. The van der Waals surface area contributed by atoms with Crippen molar-refractivity contribution in [2.45, 2.75) is 84.0 Å². The van der Waals surface area contributed by atoms with E-state index in [0.29, 0.717) is 6.42 Å². The van der Waals surface area contributed by atoms with E-state index in [0.717, 1.165) is 6.42 Å². The lowest BCUT2D eigenvalue weighted by Gasteiger charge is -2.19. The predicted molar refractivity (Wildman–Crippen MR) is 105 cm³/mol. The molecule has 0 amide bonds. The SMILES string of the molecule is [B][C@@H]1O[C@H](COC(C)C)C(O[P+](=NS(=O)(=O)CCCC)OC(C)C)C1OC. The van der Waals surface area contributed by atoms with Crippen LogP contribution in [0.25, 0.3) is 0 Å². The molecule has 1 saturated heterocycles. The van der Waals surface area contributed by atoms with Gasteiger partial charge in [0, 0.05) is 13.1 Å². The van der Waals surface area contributed by atoms with Crippen LogP contribution in [-0.2, 0) is 33.3 Å². The van der Waals surface area contributed by atoms with E-state index in [1.54, 1.807) is 13.8 Å². The summed E-state index contributed by atoms with van der Waals surface area (Å²) in [5.74, 6) is -0.0403. The van der Waals surface area contributed by atoms with Crippen molar-refractivity contribution in [3.05, 3.63) is 0 Å². The number of hydrogen-bond acceptors (Lipinski definition) is 7. The first kappa shape index (κ1) is 25.0. The minimum absolute atomic E-state index is 0.000367. The Morgan fingerprint density at radius 3 is 2.37 bits per heavy atom. The van der Waals surface area contributed by atoms with E-state index in [1.165, 1.54) is 7.11 Å². The largest absolute Gasteiger partial charge is 0.577 e. The van der Waals surface area contributed by atoms with Gasteiger partial charge in [-0.2, -0.15) is 0 Å². The van der Waals surface area contributed by atoms with Gasteiger partial charge in [-0.05, 0) is 34.1 Å². The summed E-state index contributed by atoms with van der Waals surface area (Å²) < 4.78 is 56.7. The molecular weight excluding hydrogens is 392 g/mol. The third-order valence-electron chi connectivity index (χ3n) is 3.67. The molecule has 2 radical (unpaired) electrons. The second-order valence-corrected chi connectivity index (χ2v) is 10.0. The van der Waals surface area contributed by atoms with Crippen LogP contribution in [0.2, 0.25) is 0 Å². The Labute approximate surface area is 165 Å². The van der Waals surface area contributed by atoms with Crippen LogP contribution in [0.5, 0.6) is 0 Å². The molecular formula is C16H32BNO7PS+.